The van der Waals surface area contributed by atoms with E-state index in [4.69, 9.17) is 16.6 Å². The molecule has 25 heavy (non-hydrogen) atoms. The molecule has 2 aromatic heterocycles. The Kier molecular flexibility index (Phi) is 5.56. The van der Waals surface area contributed by atoms with E-state index >= 15 is 0 Å². The molecule has 0 spiro atoms. The van der Waals surface area contributed by atoms with Gasteiger partial charge in [-0.25, -0.2) is 0 Å². The lowest BCUT2D eigenvalue weighted by Crippen LogP contribution is -2.36. The van der Waals surface area contributed by atoms with E-state index in [1.165, 1.54) is 16.0 Å². The molecule has 0 aliphatic rings. The molecule has 0 saturated heterocycles. The van der Waals surface area contributed by atoms with Crippen molar-refractivity contribution in [3.63, 3.8) is 0 Å². The van der Waals surface area contributed by atoms with Gasteiger partial charge in [0.05, 0.1) is 18.8 Å². The second-order valence-electron chi connectivity index (χ2n) is 6.15. The minimum atomic E-state index is 0.162. The lowest BCUT2D eigenvalue weighted by atomic mass is 10.1. The number of furan rings is 1. The molecule has 0 amide bonds. The summed E-state index contributed by atoms with van der Waals surface area (Å²) in [6, 6.07) is 14.6. The molecular weight excluding hydrogens is 348 g/mol. The maximum absolute atomic E-state index is 5.76. The van der Waals surface area contributed by atoms with Crippen LogP contribution in [0.25, 0.3) is 0 Å². The fraction of sp³-hybridized carbons (Fsp3) is 0.250. The molecule has 0 radical (unpaired) electrons. The summed E-state index contributed by atoms with van der Waals surface area (Å²) in [6.45, 7) is 6.97. The summed E-state index contributed by atoms with van der Waals surface area (Å²) in [5, 5.41) is 6.22. The molecule has 0 bridgehead atoms. The SMILES string of the molecule is Cc1ccc(C)c(NC(=S)N(Cc2ccco2)[C@@H](C)c2cccs2)c1. The molecule has 0 unspecified atom stereocenters. The zero-order valence-corrected chi connectivity index (χ0v) is 16.3. The summed E-state index contributed by atoms with van der Waals surface area (Å²) in [4.78, 5) is 3.44. The maximum atomic E-state index is 5.76. The number of hydrogen-bond acceptors (Lipinski definition) is 3. The molecule has 130 valence electrons. The van der Waals surface area contributed by atoms with Gasteiger partial charge in [-0.2, -0.15) is 0 Å². The highest BCUT2D eigenvalue weighted by atomic mass is 32.1. The van der Waals surface area contributed by atoms with Gasteiger partial charge in [-0.3, -0.25) is 0 Å². The highest BCUT2D eigenvalue weighted by molar-refractivity contribution is 7.80. The van der Waals surface area contributed by atoms with Crippen molar-refractivity contribution in [2.24, 2.45) is 0 Å². The second-order valence-corrected chi connectivity index (χ2v) is 7.51. The molecule has 1 atom stereocenters. The van der Waals surface area contributed by atoms with Crippen LogP contribution in [0.2, 0.25) is 0 Å². The largest absolute Gasteiger partial charge is 0.467 e. The standard InChI is InChI=1S/C20H22N2OS2/c1-14-8-9-15(2)18(12-14)21-20(24)22(13-17-6-4-10-23-17)16(3)19-7-5-11-25-19/h4-12,16H,13H2,1-3H3,(H,21,24)/t16-/m0/s1. The lowest BCUT2D eigenvalue weighted by molar-refractivity contribution is 0.306. The average Bonchev–Trinajstić information content (AvgIpc) is 3.28. The first kappa shape index (κ1) is 17.7. The van der Waals surface area contributed by atoms with Gasteiger partial charge in [0.1, 0.15) is 5.76 Å². The number of thiocarbonyl (C=S) groups is 1. The van der Waals surface area contributed by atoms with E-state index in [0.717, 1.165) is 11.4 Å². The Hall–Kier alpha value is -2.11. The third kappa shape index (κ3) is 4.30. The number of benzene rings is 1. The highest BCUT2D eigenvalue weighted by Crippen LogP contribution is 2.28. The molecule has 0 aliphatic carbocycles. The lowest BCUT2D eigenvalue weighted by Gasteiger charge is -2.31. The Morgan fingerprint density at radius 1 is 1.24 bits per heavy atom. The van der Waals surface area contributed by atoms with E-state index in [1.54, 1.807) is 17.6 Å². The number of hydrogen-bond donors (Lipinski definition) is 1. The molecule has 0 saturated carbocycles. The van der Waals surface area contributed by atoms with Crippen LogP contribution in [0.1, 0.15) is 34.7 Å². The van der Waals surface area contributed by atoms with Crippen LogP contribution in [-0.4, -0.2) is 10.0 Å². The van der Waals surface area contributed by atoms with Gasteiger partial charge in [0.2, 0.25) is 0 Å². The smallest absolute Gasteiger partial charge is 0.174 e. The summed E-state index contributed by atoms with van der Waals surface area (Å²) in [7, 11) is 0. The van der Waals surface area contributed by atoms with E-state index in [9.17, 15) is 0 Å². The van der Waals surface area contributed by atoms with Crippen molar-refractivity contribution in [2.45, 2.75) is 33.4 Å². The van der Waals surface area contributed by atoms with E-state index < -0.39 is 0 Å². The Morgan fingerprint density at radius 2 is 2.08 bits per heavy atom. The third-order valence-electron chi connectivity index (χ3n) is 4.22. The fourth-order valence-corrected chi connectivity index (χ4v) is 3.82. The topological polar surface area (TPSA) is 28.4 Å². The van der Waals surface area contributed by atoms with Crippen LogP contribution in [0.15, 0.2) is 58.5 Å². The number of anilines is 1. The molecule has 3 aromatic rings. The molecule has 3 rings (SSSR count). The molecular formula is C20H22N2OS2. The van der Waals surface area contributed by atoms with E-state index in [2.05, 4.69) is 66.7 Å². The number of nitrogens with one attached hydrogen (secondary N) is 1. The van der Waals surface area contributed by atoms with Gasteiger partial charge < -0.3 is 14.6 Å². The van der Waals surface area contributed by atoms with Crippen LogP contribution < -0.4 is 5.32 Å². The third-order valence-corrected chi connectivity index (χ3v) is 5.60. The van der Waals surface area contributed by atoms with Gasteiger partial charge in [0, 0.05) is 10.6 Å². The predicted octanol–water partition coefficient (Wildman–Crippen LogP) is 5.92. The first-order chi connectivity index (χ1) is 12.0. The Bertz CT molecular complexity index is 826. The van der Waals surface area contributed by atoms with Crippen molar-refractivity contribution in [1.29, 1.82) is 0 Å². The summed E-state index contributed by atoms with van der Waals surface area (Å²) < 4.78 is 5.55. The number of thiophene rings is 1. The Morgan fingerprint density at radius 3 is 2.76 bits per heavy atom. The molecule has 5 heteroatoms. The van der Waals surface area contributed by atoms with Gasteiger partial charge in [-0.05, 0) is 73.8 Å². The second kappa shape index (κ2) is 7.85. The zero-order valence-electron chi connectivity index (χ0n) is 14.7. The first-order valence-corrected chi connectivity index (χ1v) is 9.54. The van der Waals surface area contributed by atoms with Crippen molar-refractivity contribution in [3.05, 3.63) is 75.9 Å². The number of nitrogens with zero attached hydrogens (tertiary/aromatic N) is 1. The Balaban J connectivity index is 1.84. The molecule has 1 N–H and O–H groups in total. The fourth-order valence-electron chi connectivity index (χ4n) is 2.70. The minimum absolute atomic E-state index is 0.162. The predicted molar refractivity (Wildman–Crippen MR) is 109 cm³/mol. The van der Waals surface area contributed by atoms with E-state index in [-0.39, 0.29) is 6.04 Å². The highest BCUT2D eigenvalue weighted by Gasteiger charge is 2.21. The molecule has 3 nitrogen and oxygen atoms in total. The van der Waals surface area contributed by atoms with Gasteiger partial charge in [0.15, 0.2) is 5.11 Å². The van der Waals surface area contributed by atoms with Crippen molar-refractivity contribution in [1.82, 2.24) is 4.90 Å². The molecule has 0 fully saturated rings. The normalized spacial score (nSPS) is 12.0. The zero-order chi connectivity index (χ0) is 17.8. The summed E-state index contributed by atoms with van der Waals surface area (Å²) in [6.07, 6.45) is 1.70. The first-order valence-electron chi connectivity index (χ1n) is 8.25. The number of aryl methyl sites for hydroxylation is 2. The molecule has 0 aliphatic heterocycles. The van der Waals surface area contributed by atoms with Crippen LogP contribution >= 0.6 is 23.6 Å². The Labute approximate surface area is 158 Å². The van der Waals surface area contributed by atoms with Gasteiger partial charge in [0.25, 0.3) is 0 Å². The molecule has 2 heterocycles. The van der Waals surface area contributed by atoms with E-state index in [1.807, 2.05) is 12.1 Å². The summed E-state index contributed by atoms with van der Waals surface area (Å²) >= 11 is 7.50. The summed E-state index contributed by atoms with van der Waals surface area (Å²) in [5.74, 6) is 0.897. The van der Waals surface area contributed by atoms with Crippen molar-refractivity contribution in [3.8, 4) is 0 Å². The quantitative estimate of drug-likeness (QED) is 0.565. The monoisotopic (exact) mass is 370 g/mol. The van der Waals surface area contributed by atoms with Gasteiger partial charge >= 0.3 is 0 Å². The van der Waals surface area contributed by atoms with Crippen LogP contribution in [0.4, 0.5) is 5.69 Å². The van der Waals surface area contributed by atoms with Gasteiger partial charge in [-0.1, -0.05) is 18.2 Å². The summed E-state index contributed by atoms with van der Waals surface area (Å²) in [5.41, 5.74) is 3.43. The maximum Gasteiger partial charge on any atom is 0.174 e. The molecule has 1 aromatic carbocycles. The van der Waals surface area contributed by atoms with Crippen LogP contribution in [0, 0.1) is 13.8 Å². The van der Waals surface area contributed by atoms with Gasteiger partial charge in [-0.15, -0.1) is 11.3 Å². The van der Waals surface area contributed by atoms with E-state index in [0.29, 0.717) is 11.7 Å². The van der Waals surface area contributed by atoms with Crippen molar-refractivity contribution >= 4 is 34.4 Å². The average molecular weight is 371 g/mol. The minimum Gasteiger partial charge on any atom is -0.467 e. The van der Waals surface area contributed by atoms with Crippen molar-refractivity contribution in [2.75, 3.05) is 5.32 Å². The number of rotatable bonds is 5. The van der Waals surface area contributed by atoms with Crippen LogP contribution in [0.5, 0.6) is 0 Å². The van der Waals surface area contributed by atoms with Crippen LogP contribution in [-0.2, 0) is 6.54 Å². The van der Waals surface area contributed by atoms with Crippen molar-refractivity contribution < 1.29 is 4.42 Å². The van der Waals surface area contributed by atoms with Crippen LogP contribution in [0.3, 0.4) is 0 Å².